The summed E-state index contributed by atoms with van der Waals surface area (Å²) in [5.74, 6) is -3.61. The van der Waals surface area contributed by atoms with Crippen LogP contribution in [0.4, 0.5) is 27.6 Å². The molecule has 0 spiro atoms. The number of piperidine rings is 1. The zero-order valence-corrected chi connectivity index (χ0v) is 12.0. The summed E-state index contributed by atoms with van der Waals surface area (Å²) >= 11 is 0. The van der Waals surface area contributed by atoms with Gasteiger partial charge in [-0.3, -0.25) is 4.79 Å². The lowest BCUT2D eigenvalue weighted by atomic mass is 10.1. The minimum Gasteiger partial charge on any atom is -0.484 e. The Morgan fingerprint density at radius 2 is 2.04 bits per heavy atom. The molecule has 9 heteroatoms. The largest absolute Gasteiger partial charge is 0.484 e. The first-order chi connectivity index (χ1) is 10.6. The molecule has 1 aliphatic heterocycles. The van der Waals surface area contributed by atoms with Gasteiger partial charge in [0.2, 0.25) is 0 Å². The van der Waals surface area contributed by atoms with Crippen LogP contribution in [0.2, 0.25) is 0 Å². The Bertz CT molecular complexity index is 589. The molecule has 1 aromatic rings. The van der Waals surface area contributed by atoms with Crippen LogP contribution in [-0.4, -0.2) is 36.4 Å². The minimum absolute atomic E-state index is 0.0346. The third kappa shape index (κ3) is 4.46. The number of nitrogens with zero attached hydrogens (tertiary/aromatic N) is 1. The number of ether oxygens (including phenoxy) is 1. The summed E-state index contributed by atoms with van der Waals surface area (Å²) in [5, 5.41) is 0. The standard InChI is InChI=1S/C14H15F5N2O2/c15-13(16)4-1-5-21(8-13)12(22)7-23-9-2-3-10(11(20)6-9)14(17,18)19/h2-3,6H,1,4-5,7-8,20H2. The number of carbonyl (C=O) groups is 1. The Morgan fingerprint density at radius 1 is 1.35 bits per heavy atom. The number of halogens is 5. The normalized spacial score (nSPS) is 17.9. The maximum Gasteiger partial charge on any atom is 0.418 e. The maximum atomic E-state index is 13.2. The predicted molar refractivity (Wildman–Crippen MR) is 72.1 cm³/mol. The fourth-order valence-corrected chi connectivity index (χ4v) is 2.30. The van der Waals surface area contributed by atoms with Gasteiger partial charge in [0.05, 0.1) is 12.1 Å². The predicted octanol–water partition coefficient (Wildman–Crippen LogP) is 2.92. The van der Waals surface area contributed by atoms with Gasteiger partial charge in [0.25, 0.3) is 11.8 Å². The van der Waals surface area contributed by atoms with Crippen molar-refractivity contribution in [2.45, 2.75) is 24.9 Å². The Balaban J connectivity index is 1.96. The van der Waals surface area contributed by atoms with Crippen molar-refractivity contribution in [3.05, 3.63) is 23.8 Å². The summed E-state index contributed by atoms with van der Waals surface area (Å²) in [5.41, 5.74) is 3.75. The molecule has 1 fully saturated rings. The average Bonchev–Trinajstić information content (AvgIpc) is 2.42. The van der Waals surface area contributed by atoms with Crippen LogP contribution in [-0.2, 0) is 11.0 Å². The van der Waals surface area contributed by atoms with Crippen molar-refractivity contribution in [2.75, 3.05) is 25.4 Å². The molecule has 0 aliphatic carbocycles. The topological polar surface area (TPSA) is 55.6 Å². The van der Waals surface area contributed by atoms with Gasteiger partial charge in [0.15, 0.2) is 6.61 Å². The highest BCUT2D eigenvalue weighted by atomic mass is 19.4. The lowest BCUT2D eigenvalue weighted by Crippen LogP contribution is -2.47. The number of rotatable bonds is 3. The second-order valence-electron chi connectivity index (χ2n) is 5.31. The Morgan fingerprint density at radius 3 is 2.61 bits per heavy atom. The Kier molecular flexibility index (Phi) is 4.67. The number of nitrogens with two attached hydrogens (primary N) is 1. The van der Waals surface area contributed by atoms with Crippen LogP contribution >= 0.6 is 0 Å². The Hall–Kier alpha value is -2.06. The van der Waals surface area contributed by atoms with Gasteiger partial charge in [-0.2, -0.15) is 13.2 Å². The summed E-state index contributed by atoms with van der Waals surface area (Å²) in [7, 11) is 0. The van der Waals surface area contributed by atoms with Gasteiger partial charge in [0, 0.05) is 24.7 Å². The number of alkyl halides is 5. The van der Waals surface area contributed by atoms with Crippen molar-refractivity contribution in [3.63, 3.8) is 0 Å². The van der Waals surface area contributed by atoms with E-state index in [1.54, 1.807) is 0 Å². The zero-order valence-electron chi connectivity index (χ0n) is 12.0. The fraction of sp³-hybridized carbons (Fsp3) is 0.500. The molecule has 0 saturated carbocycles. The van der Waals surface area contributed by atoms with Crippen LogP contribution in [0.5, 0.6) is 5.75 Å². The van der Waals surface area contributed by atoms with Gasteiger partial charge in [0.1, 0.15) is 5.75 Å². The first-order valence-corrected chi connectivity index (χ1v) is 6.84. The van der Waals surface area contributed by atoms with E-state index in [0.717, 1.165) is 23.1 Å². The third-order valence-corrected chi connectivity index (χ3v) is 3.44. The van der Waals surface area contributed by atoms with Gasteiger partial charge in [-0.05, 0) is 18.6 Å². The molecular weight excluding hydrogens is 323 g/mol. The molecule has 23 heavy (non-hydrogen) atoms. The quantitative estimate of drug-likeness (QED) is 0.681. The summed E-state index contributed by atoms with van der Waals surface area (Å²) < 4.78 is 69.2. The number of nitrogen functional groups attached to an aromatic ring is 1. The monoisotopic (exact) mass is 338 g/mol. The first-order valence-electron chi connectivity index (χ1n) is 6.84. The SMILES string of the molecule is Nc1cc(OCC(=O)N2CCCC(F)(F)C2)ccc1C(F)(F)F. The molecule has 2 rings (SSSR count). The first kappa shape index (κ1) is 17.3. The van der Waals surface area contributed by atoms with Gasteiger partial charge in [-0.25, -0.2) is 8.78 Å². The van der Waals surface area contributed by atoms with E-state index in [4.69, 9.17) is 10.5 Å². The number of amides is 1. The van der Waals surface area contributed by atoms with Crippen LogP contribution in [0.15, 0.2) is 18.2 Å². The molecule has 0 atom stereocenters. The summed E-state index contributed by atoms with van der Waals surface area (Å²) in [6.45, 7) is -1.02. The number of hydrogen-bond donors (Lipinski definition) is 1. The van der Waals surface area contributed by atoms with E-state index in [1.807, 2.05) is 0 Å². The van der Waals surface area contributed by atoms with Crippen LogP contribution in [0, 0.1) is 0 Å². The van der Waals surface area contributed by atoms with Crippen molar-refractivity contribution < 1.29 is 31.5 Å². The van der Waals surface area contributed by atoms with Crippen molar-refractivity contribution >= 4 is 11.6 Å². The fourth-order valence-electron chi connectivity index (χ4n) is 2.30. The van der Waals surface area contributed by atoms with Crippen molar-refractivity contribution in [1.82, 2.24) is 4.90 Å². The van der Waals surface area contributed by atoms with E-state index in [2.05, 4.69) is 0 Å². The average molecular weight is 338 g/mol. The van der Waals surface area contributed by atoms with E-state index in [1.165, 1.54) is 0 Å². The van der Waals surface area contributed by atoms with E-state index < -0.39 is 42.4 Å². The highest BCUT2D eigenvalue weighted by Gasteiger charge is 2.37. The van der Waals surface area contributed by atoms with E-state index in [0.29, 0.717) is 0 Å². The molecule has 0 unspecified atom stereocenters. The molecule has 1 heterocycles. The lowest BCUT2D eigenvalue weighted by molar-refractivity contribution is -0.143. The molecule has 2 N–H and O–H groups in total. The second-order valence-corrected chi connectivity index (χ2v) is 5.31. The van der Waals surface area contributed by atoms with Gasteiger partial charge >= 0.3 is 6.18 Å². The third-order valence-electron chi connectivity index (χ3n) is 3.44. The van der Waals surface area contributed by atoms with Gasteiger partial charge in [-0.1, -0.05) is 0 Å². The van der Waals surface area contributed by atoms with E-state index in [-0.39, 0.29) is 25.1 Å². The molecule has 1 aromatic carbocycles. The van der Waals surface area contributed by atoms with Crippen molar-refractivity contribution in [1.29, 1.82) is 0 Å². The van der Waals surface area contributed by atoms with Crippen LogP contribution in [0.3, 0.4) is 0 Å². The number of hydrogen-bond acceptors (Lipinski definition) is 3. The molecule has 1 saturated heterocycles. The summed E-state index contributed by atoms with van der Waals surface area (Å²) in [6, 6.07) is 2.71. The smallest absolute Gasteiger partial charge is 0.418 e. The van der Waals surface area contributed by atoms with Crippen LogP contribution in [0.1, 0.15) is 18.4 Å². The van der Waals surface area contributed by atoms with Gasteiger partial charge < -0.3 is 15.4 Å². The molecule has 128 valence electrons. The molecule has 1 amide bonds. The number of likely N-dealkylation sites (tertiary alicyclic amines) is 1. The van der Waals surface area contributed by atoms with Crippen LogP contribution in [0.25, 0.3) is 0 Å². The zero-order chi connectivity index (χ0) is 17.3. The van der Waals surface area contributed by atoms with E-state index in [9.17, 15) is 26.7 Å². The second kappa shape index (κ2) is 6.21. The molecule has 0 radical (unpaired) electrons. The minimum atomic E-state index is -4.59. The highest BCUT2D eigenvalue weighted by Crippen LogP contribution is 2.35. The molecule has 0 bridgehead atoms. The molecule has 4 nitrogen and oxygen atoms in total. The Labute approximate surface area is 129 Å². The summed E-state index contributed by atoms with van der Waals surface area (Å²) in [4.78, 5) is 12.8. The molecular formula is C14H15F5N2O2. The lowest BCUT2D eigenvalue weighted by Gasteiger charge is -2.32. The molecule has 0 aromatic heterocycles. The summed E-state index contributed by atoms with van der Waals surface area (Å²) in [6.07, 6.45) is -4.67. The molecule has 1 aliphatic rings. The number of anilines is 1. The van der Waals surface area contributed by atoms with Crippen molar-refractivity contribution in [3.8, 4) is 5.75 Å². The number of carbonyl (C=O) groups excluding carboxylic acids is 1. The van der Waals surface area contributed by atoms with E-state index >= 15 is 0 Å². The van der Waals surface area contributed by atoms with Crippen molar-refractivity contribution in [2.24, 2.45) is 0 Å². The maximum absolute atomic E-state index is 13.2. The number of benzene rings is 1. The van der Waals surface area contributed by atoms with Gasteiger partial charge in [-0.15, -0.1) is 0 Å². The van der Waals surface area contributed by atoms with Crippen LogP contribution < -0.4 is 10.5 Å². The highest BCUT2D eigenvalue weighted by molar-refractivity contribution is 5.78.